The Labute approximate surface area is 163 Å². The van der Waals surface area contributed by atoms with E-state index >= 15 is 0 Å². The summed E-state index contributed by atoms with van der Waals surface area (Å²) in [6.45, 7) is 4.71. The van der Waals surface area contributed by atoms with Crippen molar-refractivity contribution >= 4 is 12.1 Å². The van der Waals surface area contributed by atoms with E-state index in [-0.39, 0.29) is 13.2 Å². The Balaban J connectivity index is 1.88. The van der Waals surface area contributed by atoms with Gasteiger partial charge in [-0.25, -0.2) is 4.79 Å². The van der Waals surface area contributed by atoms with Crippen molar-refractivity contribution in [2.45, 2.75) is 58.1 Å². The Hall–Kier alpha value is -2.20. The van der Waals surface area contributed by atoms with E-state index in [0.29, 0.717) is 0 Å². The number of carbonyl (C=O) groups is 2. The summed E-state index contributed by atoms with van der Waals surface area (Å²) in [5.74, 6) is -0.644. The lowest BCUT2D eigenvalue weighted by Crippen LogP contribution is -2.61. The van der Waals surface area contributed by atoms with Crippen molar-refractivity contribution in [3.05, 3.63) is 35.9 Å². The van der Waals surface area contributed by atoms with Crippen LogP contribution in [0.2, 0.25) is 0 Å². The van der Waals surface area contributed by atoms with Crippen molar-refractivity contribution in [3.8, 4) is 0 Å². The SMILES string of the molecule is CC(C)(C)C(=O)O[C@H]1O[C@H](CNC(=O)OCc2ccccc2)[C@H](O)[C@@H](O)[C@H]1O. The maximum Gasteiger partial charge on any atom is 0.407 e. The molecular formula is C19H27NO8. The smallest absolute Gasteiger partial charge is 0.407 e. The van der Waals surface area contributed by atoms with Crippen molar-refractivity contribution < 1.29 is 39.1 Å². The summed E-state index contributed by atoms with van der Waals surface area (Å²) in [6, 6.07) is 9.07. The van der Waals surface area contributed by atoms with Gasteiger partial charge in [0.05, 0.1) is 5.41 Å². The molecule has 156 valence electrons. The molecule has 0 bridgehead atoms. The average Bonchev–Trinajstić information content (AvgIpc) is 2.65. The maximum atomic E-state index is 12.0. The van der Waals surface area contributed by atoms with Crippen LogP contribution < -0.4 is 5.32 Å². The number of ether oxygens (including phenoxy) is 3. The lowest BCUT2D eigenvalue weighted by molar-refractivity contribution is -0.289. The van der Waals surface area contributed by atoms with Crippen molar-refractivity contribution in [2.24, 2.45) is 5.41 Å². The fourth-order valence-corrected chi connectivity index (χ4v) is 2.42. The molecule has 1 saturated heterocycles. The molecule has 2 rings (SSSR count). The van der Waals surface area contributed by atoms with Gasteiger partial charge >= 0.3 is 12.1 Å². The number of alkyl carbamates (subject to hydrolysis) is 1. The molecule has 4 N–H and O–H groups in total. The van der Waals surface area contributed by atoms with Gasteiger partial charge < -0.3 is 34.8 Å². The van der Waals surface area contributed by atoms with E-state index in [1.165, 1.54) is 0 Å². The summed E-state index contributed by atoms with van der Waals surface area (Å²) >= 11 is 0. The number of carbonyl (C=O) groups excluding carboxylic acids is 2. The van der Waals surface area contributed by atoms with Crippen LogP contribution in [-0.2, 0) is 25.6 Å². The van der Waals surface area contributed by atoms with Gasteiger partial charge in [0.2, 0.25) is 6.29 Å². The molecule has 1 aliphatic rings. The monoisotopic (exact) mass is 397 g/mol. The molecular weight excluding hydrogens is 370 g/mol. The molecule has 1 aromatic rings. The molecule has 1 amide bonds. The highest BCUT2D eigenvalue weighted by atomic mass is 16.7. The summed E-state index contributed by atoms with van der Waals surface area (Å²) < 4.78 is 15.5. The minimum absolute atomic E-state index is 0.0634. The van der Waals surface area contributed by atoms with Gasteiger partial charge in [-0.15, -0.1) is 0 Å². The van der Waals surface area contributed by atoms with Crippen LogP contribution in [0.1, 0.15) is 26.3 Å². The van der Waals surface area contributed by atoms with E-state index in [1.54, 1.807) is 32.9 Å². The van der Waals surface area contributed by atoms with Gasteiger partial charge in [-0.2, -0.15) is 0 Å². The number of hydrogen-bond donors (Lipinski definition) is 4. The number of amides is 1. The van der Waals surface area contributed by atoms with E-state index in [2.05, 4.69) is 5.32 Å². The highest BCUT2D eigenvalue weighted by Gasteiger charge is 2.46. The van der Waals surface area contributed by atoms with Crippen molar-refractivity contribution in [1.82, 2.24) is 5.32 Å². The second kappa shape index (κ2) is 9.33. The molecule has 1 heterocycles. The quantitative estimate of drug-likeness (QED) is 0.522. The van der Waals surface area contributed by atoms with Crippen LogP contribution in [0.5, 0.6) is 0 Å². The van der Waals surface area contributed by atoms with E-state index in [4.69, 9.17) is 14.2 Å². The molecule has 0 radical (unpaired) electrons. The standard InChI is InChI=1S/C19H27NO8/c1-19(2,3)17(24)28-16-15(23)14(22)13(21)12(27-16)9-20-18(25)26-10-11-7-5-4-6-8-11/h4-8,12-16,21-23H,9-10H2,1-3H3,(H,20,25)/t12-,13+,14-,15-,16-/m1/s1. The molecule has 1 fully saturated rings. The second-order valence-corrected chi connectivity index (χ2v) is 7.61. The molecule has 0 aliphatic carbocycles. The molecule has 0 unspecified atom stereocenters. The zero-order chi connectivity index (χ0) is 20.9. The molecule has 0 saturated carbocycles. The van der Waals surface area contributed by atoms with Gasteiger partial charge in [0.15, 0.2) is 0 Å². The first-order valence-corrected chi connectivity index (χ1v) is 8.95. The van der Waals surface area contributed by atoms with Crippen LogP contribution in [0, 0.1) is 5.41 Å². The third-order valence-electron chi connectivity index (χ3n) is 4.16. The Bertz CT molecular complexity index is 660. The second-order valence-electron chi connectivity index (χ2n) is 7.61. The van der Waals surface area contributed by atoms with Crippen molar-refractivity contribution in [2.75, 3.05) is 6.54 Å². The molecule has 0 spiro atoms. The third-order valence-corrected chi connectivity index (χ3v) is 4.16. The van der Waals surface area contributed by atoms with Gasteiger partial charge in [-0.05, 0) is 26.3 Å². The van der Waals surface area contributed by atoms with E-state index < -0.39 is 48.2 Å². The lowest BCUT2D eigenvalue weighted by atomic mass is 9.96. The molecule has 5 atom stereocenters. The number of rotatable bonds is 5. The average molecular weight is 397 g/mol. The van der Waals surface area contributed by atoms with Crippen LogP contribution in [-0.4, -0.2) is 64.6 Å². The Morgan fingerprint density at radius 3 is 2.32 bits per heavy atom. The Morgan fingerprint density at radius 2 is 1.71 bits per heavy atom. The highest BCUT2D eigenvalue weighted by Crippen LogP contribution is 2.25. The first-order chi connectivity index (χ1) is 13.1. The molecule has 9 heteroatoms. The molecule has 1 aromatic carbocycles. The van der Waals surface area contributed by atoms with Crippen LogP contribution >= 0.6 is 0 Å². The van der Waals surface area contributed by atoms with E-state index in [0.717, 1.165) is 5.56 Å². The summed E-state index contributed by atoms with van der Waals surface area (Å²) in [4.78, 5) is 23.8. The summed E-state index contributed by atoms with van der Waals surface area (Å²) in [6.07, 6.45) is -8.06. The number of hydrogen-bond acceptors (Lipinski definition) is 8. The Kier molecular flexibility index (Phi) is 7.36. The van der Waals surface area contributed by atoms with E-state index in [1.807, 2.05) is 18.2 Å². The van der Waals surface area contributed by atoms with Crippen LogP contribution in [0.4, 0.5) is 4.79 Å². The molecule has 28 heavy (non-hydrogen) atoms. The van der Waals surface area contributed by atoms with Gasteiger partial charge in [-0.3, -0.25) is 4.79 Å². The summed E-state index contributed by atoms with van der Waals surface area (Å²) in [7, 11) is 0. The van der Waals surface area contributed by atoms with Crippen LogP contribution in [0.25, 0.3) is 0 Å². The van der Waals surface area contributed by atoms with Gasteiger partial charge in [0.1, 0.15) is 31.0 Å². The maximum absolute atomic E-state index is 12.0. The van der Waals surface area contributed by atoms with Crippen molar-refractivity contribution in [3.63, 3.8) is 0 Å². The molecule has 0 aromatic heterocycles. The molecule has 1 aliphatic heterocycles. The minimum Gasteiger partial charge on any atom is -0.445 e. The molecule has 9 nitrogen and oxygen atoms in total. The Morgan fingerprint density at radius 1 is 1.07 bits per heavy atom. The summed E-state index contributed by atoms with van der Waals surface area (Å²) in [5, 5.41) is 32.5. The highest BCUT2D eigenvalue weighted by molar-refractivity contribution is 5.75. The van der Waals surface area contributed by atoms with Crippen LogP contribution in [0.15, 0.2) is 30.3 Å². The van der Waals surface area contributed by atoms with Gasteiger partial charge in [0, 0.05) is 6.54 Å². The zero-order valence-corrected chi connectivity index (χ0v) is 16.1. The van der Waals surface area contributed by atoms with E-state index in [9.17, 15) is 24.9 Å². The number of esters is 1. The predicted molar refractivity (Wildman–Crippen MR) is 96.9 cm³/mol. The number of benzene rings is 1. The first-order valence-electron chi connectivity index (χ1n) is 8.95. The number of aliphatic hydroxyl groups excluding tert-OH is 3. The lowest BCUT2D eigenvalue weighted by Gasteiger charge is -2.40. The topological polar surface area (TPSA) is 135 Å². The number of aliphatic hydroxyl groups is 3. The summed E-state index contributed by atoms with van der Waals surface area (Å²) in [5.41, 5.74) is -0.0432. The van der Waals surface area contributed by atoms with Gasteiger partial charge in [-0.1, -0.05) is 30.3 Å². The first kappa shape index (κ1) is 22.1. The predicted octanol–water partition coefficient (Wildman–Crippen LogP) is 0.310. The number of nitrogens with one attached hydrogen (secondary N) is 1. The van der Waals surface area contributed by atoms with Crippen LogP contribution in [0.3, 0.4) is 0 Å². The van der Waals surface area contributed by atoms with Crippen molar-refractivity contribution in [1.29, 1.82) is 0 Å². The fraction of sp³-hybridized carbons (Fsp3) is 0.579. The largest absolute Gasteiger partial charge is 0.445 e. The fourth-order valence-electron chi connectivity index (χ4n) is 2.42. The normalized spacial score (nSPS) is 27.7. The minimum atomic E-state index is -1.62. The third kappa shape index (κ3) is 5.90. The zero-order valence-electron chi connectivity index (χ0n) is 16.1. The van der Waals surface area contributed by atoms with Gasteiger partial charge in [0.25, 0.3) is 0 Å².